The third-order valence-corrected chi connectivity index (χ3v) is 3.70. The van der Waals surface area contributed by atoms with Crippen molar-refractivity contribution in [1.82, 2.24) is 14.7 Å². The van der Waals surface area contributed by atoms with Crippen LogP contribution in [0.2, 0.25) is 0 Å². The van der Waals surface area contributed by atoms with E-state index in [1.807, 2.05) is 37.3 Å². The van der Waals surface area contributed by atoms with Gasteiger partial charge in [-0.2, -0.15) is 5.10 Å². The first-order chi connectivity index (χ1) is 10.7. The van der Waals surface area contributed by atoms with Gasteiger partial charge in [-0.25, -0.2) is 4.68 Å². The lowest BCUT2D eigenvalue weighted by molar-refractivity contribution is 0.0298. The summed E-state index contributed by atoms with van der Waals surface area (Å²) in [7, 11) is 1.63. The standard InChI is InChI=1S/C16H19N3O3/c1-12-10-15(16(20)18-6-8-22-9-7-18)17-19(12)13-4-3-5-14(11-13)21-2/h3-5,10-11H,6-9H2,1-2H3. The maximum Gasteiger partial charge on any atom is 0.274 e. The van der Waals surface area contributed by atoms with Gasteiger partial charge in [0.25, 0.3) is 5.91 Å². The Labute approximate surface area is 129 Å². The summed E-state index contributed by atoms with van der Waals surface area (Å²) in [4.78, 5) is 14.3. The maximum atomic E-state index is 12.5. The van der Waals surface area contributed by atoms with Crippen molar-refractivity contribution in [1.29, 1.82) is 0 Å². The Hall–Kier alpha value is -2.34. The molecule has 6 heteroatoms. The lowest BCUT2D eigenvalue weighted by atomic mass is 10.3. The van der Waals surface area contributed by atoms with Crippen LogP contribution in [0.25, 0.3) is 5.69 Å². The summed E-state index contributed by atoms with van der Waals surface area (Å²) in [5.41, 5.74) is 2.24. The molecular formula is C16H19N3O3. The molecule has 1 aromatic heterocycles. The summed E-state index contributed by atoms with van der Waals surface area (Å²) in [6, 6.07) is 9.42. The highest BCUT2D eigenvalue weighted by molar-refractivity contribution is 5.92. The highest BCUT2D eigenvalue weighted by atomic mass is 16.5. The summed E-state index contributed by atoms with van der Waals surface area (Å²) in [6.07, 6.45) is 0. The Morgan fingerprint density at radius 2 is 2.05 bits per heavy atom. The van der Waals surface area contributed by atoms with Gasteiger partial charge in [0.15, 0.2) is 5.69 Å². The number of carbonyl (C=O) groups is 1. The Bertz CT molecular complexity index is 675. The number of carbonyl (C=O) groups excluding carboxylic acids is 1. The van der Waals surface area contributed by atoms with Crippen LogP contribution in [0.4, 0.5) is 0 Å². The number of ether oxygens (including phenoxy) is 2. The van der Waals surface area contributed by atoms with Crippen LogP contribution in [0.5, 0.6) is 5.75 Å². The average Bonchev–Trinajstić information content (AvgIpc) is 2.97. The SMILES string of the molecule is COc1cccc(-n2nc(C(=O)N3CCOCC3)cc2C)c1. The first kappa shape index (κ1) is 14.6. The van der Waals surface area contributed by atoms with E-state index in [0.717, 1.165) is 17.1 Å². The molecule has 1 fully saturated rings. The van der Waals surface area contributed by atoms with Gasteiger partial charge in [0.2, 0.25) is 0 Å². The molecule has 0 saturated carbocycles. The summed E-state index contributed by atoms with van der Waals surface area (Å²) >= 11 is 0. The number of hydrogen-bond acceptors (Lipinski definition) is 4. The van der Waals surface area contributed by atoms with Crippen LogP contribution in [0.3, 0.4) is 0 Å². The van der Waals surface area contributed by atoms with E-state index < -0.39 is 0 Å². The van der Waals surface area contributed by atoms with Crippen LogP contribution in [-0.2, 0) is 4.74 Å². The van der Waals surface area contributed by atoms with Gasteiger partial charge in [-0.1, -0.05) is 6.07 Å². The van der Waals surface area contributed by atoms with Crippen LogP contribution in [-0.4, -0.2) is 54.0 Å². The van der Waals surface area contributed by atoms with Gasteiger partial charge in [-0.15, -0.1) is 0 Å². The van der Waals surface area contributed by atoms with E-state index in [9.17, 15) is 4.79 Å². The molecule has 2 aromatic rings. The normalized spacial score (nSPS) is 14.9. The topological polar surface area (TPSA) is 56.6 Å². The van der Waals surface area contributed by atoms with E-state index in [0.29, 0.717) is 32.0 Å². The van der Waals surface area contributed by atoms with Crippen molar-refractivity contribution in [3.63, 3.8) is 0 Å². The lowest BCUT2D eigenvalue weighted by Crippen LogP contribution is -2.40. The van der Waals surface area contributed by atoms with Crippen molar-refractivity contribution in [2.24, 2.45) is 0 Å². The number of benzene rings is 1. The molecule has 116 valence electrons. The van der Waals surface area contributed by atoms with Crippen molar-refractivity contribution >= 4 is 5.91 Å². The third kappa shape index (κ3) is 2.82. The van der Waals surface area contributed by atoms with Crippen LogP contribution in [0.15, 0.2) is 30.3 Å². The van der Waals surface area contributed by atoms with Crippen molar-refractivity contribution in [3.8, 4) is 11.4 Å². The molecule has 0 spiro atoms. The number of hydrogen-bond donors (Lipinski definition) is 0. The molecule has 1 aliphatic rings. The summed E-state index contributed by atoms with van der Waals surface area (Å²) in [6.45, 7) is 4.33. The maximum absolute atomic E-state index is 12.5. The molecule has 3 rings (SSSR count). The van der Waals surface area contributed by atoms with E-state index in [1.165, 1.54) is 0 Å². The molecule has 0 atom stereocenters. The number of nitrogens with zero attached hydrogens (tertiary/aromatic N) is 3. The van der Waals surface area contributed by atoms with E-state index in [-0.39, 0.29) is 5.91 Å². The zero-order chi connectivity index (χ0) is 15.5. The molecule has 1 aliphatic heterocycles. The van der Waals surface area contributed by atoms with Gasteiger partial charge < -0.3 is 14.4 Å². The monoisotopic (exact) mass is 301 g/mol. The number of aromatic nitrogens is 2. The molecule has 0 unspecified atom stereocenters. The van der Waals surface area contributed by atoms with E-state index >= 15 is 0 Å². The molecule has 22 heavy (non-hydrogen) atoms. The Kier molecular flexibility index (Phi) is 4.11. The predicted molar refractivity (Wildman–Crippen MR) is 81.6 cm³/mol. The average molecular weight is 301 g/mol. The van der Waals surface area contributed by atoms with Crippen molar-refractivity contribution < 1.29 is 14.3 Å². The molecule has 6 nitrogen and oxygen atoms in total. The molecular weight excluding hydrogens is 282 g/mol. The third-order valence-electron chi connectivity index (χ3n) is 3.70. The second-order valence-corrected chi connectivity index (χ2v) is 5.19. The molecule has 1 saturated heterocycles. The first-order valence-corrected chi connectivity index (χ1v) is 7.27. The van der Waals surface area contributed by atoms with Gasteiger partial charge in [-0.05, 0) is 25.1 Å². The smallest absolute Gasteiger partial charge is 0.274 e. The number of rotatable bonds is 3. The van der Waals surface area contributed by atoms with Gasteiger partial charge >= 0.3 is 0 Å². The quantitative estimate of drug-likeness (QED) is 0.865. The van der Waals surface area contributed by atoms with Crippen LogP contribution >= 0.6 is 0 Å². The minimum atomic E-state index is -0.0481. The highest BCUT2D eigenvalue weighted by Crippen LogP contribution is 2.18. The van der Waals surface area contributed by atoms with Gasteiger partial charge in [0.05, 0.1) is 26.0 Å². The summed E-state index contributed by atoms with van der Waals surface area (Å²) in [5, 5.41) is 4.46. The van der Waals surface area contributed by atoms with E-state index in [2.05, 4.69) is 5.10 Å². The van der Waals surface area contributed by atoms with E-state index in [1.54, 1.807) is 16.7 Å². The lowest BCUT2D eigenvalue weighted by Gasteiger charge is -2.25. The van der Waals surface area contributed by atoms with Gasteiger partial charge in [0, 0.05) is 24.8 Å². The zero-order valence-electron chi connectivity index (χ0n) is 12.8. The van der Waals surface area contributed by atoms with E-state index in [4.69, 9.17) is 9.47 Å². The van der Waals surface area contributed by atoms with Crippen LogP contribution < -0.4 is 4.74 Å². The second-order valence-electron chi connectivity index (χ2n) is 5.19. The number of amides is 1. The molecule has 0 aliphatic carbocycles. The van der Waals surface area contributed by atoms with Crippen molar-refractivity contribution in [2.45, 2.75) is 6.92 Å². The molecule has 0 N–H and O–H groups in total. The Balaban J connectivity index is 1.88. The van der Waals surface area contributed by atoms with Crippen LogP contribution in [0.1, 0.15) is 16.2 Å². The largest absolute Gasteiger partial charge is 0.497 e. The van der Waals surface area contributed by atoms with Gasteiger partial charge in [0.1, 0.15) is 5.75 Å². The van der Waals surface area contributed by atoms with Crippen LogP contribution in [0, 0.1) is 6.92 Å². The number of aryl methyl sites for hydroxylation is 1. The molecule has 1 amide bonds. The van der Waals surface area contributed by atoms with Crippen molar-refractivity contribution in [2.75, 3.05) is 33.4 Å². The minimum absolute atomic E-state index is 0.0481. The van der Waals surface area contributed by atoms with Crippen molar-refractivity contribution in [3.05, 3.63) is 41.7 Å². The molecule has 2 heterocycles. The highest BCUT2D eigenvalue weighted by Gasteiger charge is 2.21. The minimum Gasteiger partial charge on any atom is -0.497 e. The molecule has 0 radical (unpaired) electrons. The number of morpholine rings is 1. The Morgan fingerprint density at radius 1 is 1.27 bits per heavy atom. The summed E-state index contributed by atoms with van der Waals surface area (Å²) in [5.74, 6) is 0.710. The fourth-order valence-electron chi connectivity index (χ4n) is 2.51. The van der Waals surface area contributed by atoms with Gasteiger partial charge in [-0.3, -0.25) is 4.79 Å². The number of methoxy groups -OCH3 is 1. The zero-order valence-corrected chi connectivity index (χ0v) is 12.8. The molecule has 0 bridgehead atoms. The Morgan fingerprint density at radius 3 is 2.77 bits per heavy atom. The fraction of sp³-hybridized carbons (Fsp3) is 0.375. The summed E-state index contributed by atoms with van der Waals surface area (Å²) < 4.78 is 12.3. The molecule has 1 aromatic carbocycles. The second kappa shape index (κ2) is 6.19. The fourth-order valence-corrected chi connectivity index (χ4v) is 2.51. The predicted octanol–water partition coefficient (Wildman–Crippen LogP) is 1.66. The first-order valence-electron chi connectivity index (χ1n) is 7.27.